The van der Waals surface area contributed by atoms with Gasteiger partial charge in [-0.2, -0.15) is 8.42 Å². The van der Waals surface area contributed by atoms with Gasteiger partial charge in [-0.3, -0.25) is 4.55 Å². The van der Waals surface area contributed by atoms with Crippen LogP contribution < -0.4 is 6.15 Å². The first-order valence-electron chi connectivity index (χ1n) is 0.865. The van der Waals surface area contributed by atoms with Crippen molar-refractivity contribution >= 4 is 10.4 Å². The second-order valence-electron chi connectivity index (χ2n) is 0.502. The molecule has 0 aromatic carbocycles. The summed E-state index contributed by atoms with van der Waals surface area (Å²) < 4.78 is 28.0. The molecular formula is H5CuNO5S. The number of hydrogen-bond donors (Lipinski definition) is 3. The fourth-order valence-corrected chi connectivity index (χ4v) is 0. The second-order valence-corrected chi connectivity index (χ2v) is 1.51. The Bertz CT molecular complexity index is 114. The standard InChI is InChI=1S/Cu.H3N.H2O5S/c;;1-5-6(2,3)4/h;1H3;1H,(H,2,3,4). The summed E-state index contributed by atoms with van der Waals surface area (Å²) in [4.78, 5) is 0. The van der Waals surface area contributed by atoms with Crippen molar-refractivity contribution in [2.75, 3.05) is 0 Å². The minimum absolute atomic E-state index is 0. The summed E-state index contributed by atoms with van der Waals surface area (Å²) in [5, 5.41) is 7.06. The Kier molecular flexibility index (Phi) is 10.7. The quantitative estimate of drug-likeness (QED) is 0.223. The molecule has 0 amide bonds. The Morgan fingerprint density at radius 3 is 1.50 bits per heavy atom. The molecule has 8 heavy (non-hydrogen) atoms. The first-order valence-corrected chi connectivity index (χ1v) is 2.23. The van der Waals surface area contributed by atoms with Crippen LogP contribution in [0.3, 0.4) is 0 Å². The molecule has 0 unspecified atom stereocenters. The molecule has 0 rings (SSSR count). The van der Waals surface area contributed by atoms with Crippen LogP contribution in [0, 0.1) is 0 Å². The Morgan fingerprint density at radius 2 is 1.50 bits per heavy atom. The molecule has 0 fully saturated rings. The average Bonchev–Trinajstić information content (AvgIpc) is 1.35. The van der Waals surface area contributed by atoms with Gasteiger partial charge in [0.2, 0.25) is 0 Å². The van der Waals surface area contributed by atoms with Gasteiger partial charge in [-0.1, -0.05) is 4.33 Å². The van der Waals surface area contributed by atoms with Crippen LogP contribution in [0.25, 0.3) is 0 Å². The van der Waals surface area contributed by atoms with E-state index in [1.54, 1.807) is 0 Å². The molecule has 1 radical (unpaired) electrons. The average molecular weight is 195 g/mol. The van der Waals surface area contributed by atoms with Crippen molar-refractivity contribution in [3.8, 4) is 0 Å². The second kappa shape index (κ2) is 5.45. The topological polar surface area (TPSA) is 119 Å². The molecule has 0 aliphatic carbocycles. The van der Waals surface area contributed by atoms with Crippen LogP contribution in [-0.2, 0) is 31.8 Å². The Morgan fingerprint density at radius 1 is 1.38 bits per heavy atom. The predicted molar refractivity (Wildman–Crippen MR) is 20.3 cm³/mol. The molecule has 0 bridgehead atoms. The molecule has 0 aromatic rings. The van der Waals surface area contributed by atoms with E-state index in [1.807, 2.05) is 0 Å². The van der Waals surface area contributed by atoms with Gasteiger partial charge in [0.1, 0.15) is 0 Å². The van der Waals surface area contributed by atoms with Crippen LogP contribution in [0.5, 0.6) is 0 Å². The first kappa shape index (κ1) is 15.7. The smallest absolute Gasteiger partial charge is 0.344 e. The van der Waals surface area contributed by atoms with E-state index in [9.17, 15) is 0 Å². The minimum Gasteiger partial charge on any atom is -0.344 e. The maximum atomic E-state index is 9.08. The van der Waals surface area contributed by atoms with Crippen LogP contribution in [0.15, 0.2) is 0 Å². The van der Waals surface area contributed by atoms with Crippen molar-refractivity contribution in [1.82, 2.24) is 6.15 Å². The molecule has 6 nitrogen and oxygen atoms in total. The summed E-state index contributed by atoms with van der Waals surface area (Å²) in [6.07, 6.45) is 0. The van der Waals surface area contributed by atoms with Crippen LogP contribution in [-0.4, -0.2) is 18.2 Å². The van der Waals surface area contributed by atoms with Crippen LogP contribution in [0.2, 0.25) is 0 Å². The van der Waals surface area contributed by atoms with Gasteiger partial charge >= 0.3 is 10.4 Å². The maximum Gasteiger partial charge on any atom is 0.423 e. The molecule has 0 atom stereocenters. The third-order valence-electron chi connectivity index (χ3n) is 0.0942. The molecule has 0 aliphatic rings. The van der Waals surface area contributed by atoms with Crippen LogP contribution >= 0.6 is 0 Å². The third-order valence-corrected chi connectivity index (χ3v) is 0.283. The summed E-state index contributed by atoms with van der Waals surface area (Å²) in [7, 11) is -4.61. The van der Waals surface area contributed by atoms with Gasteiger partial charge in [-0.25, -0.2) is 5.26 Å². The van der Waals surface area contributed by atoms with Gasteiger partial charge in [0.15, 0.2) is 0 Å². The van der Waals surface area contributed by atoms with Crippen molar-refractivity contribution in [3.05, 3.63) is 0 Å². The monoisotopic (exact) mass is 194 g/mol. The predicted octanol–water partition coefficient (Wildman–Crippen LogP) is -0.562. The molecular weight excluding hydrogens is 190 g/mol. The SMILES string of the molecule is N.O=S(=O)(O)OO.[Cu]. The summed E-state index contributed by atoms with van der Waals surface area (Å²) in [5.41, 5.74) is 0. The van der Waals surface area contributed by atoms with E-state index in [4.69, 9.17) is 18.2 Å². The van der Waals surface area contributed by atoms with Crippen molar-refractivity contribution in [2.24, 2.45) is 0 Å². The number of hydrogen-bond acceptors (Lipinski definition) is 5. The van der Waals surface area contributed by atoms with Gasteiger partial charge in [-0.05, 0) is 0 Å². The van der Waals surface area contributed by atoms with E-state index in [2.05, 4.69) is 4.33 Å². The van der Waals surface area contributed by atoms with Crippen molar-refractivity contribution < 1.29 is 39.6 Å². The van der Waals surface area contributed by atoms with E-state index in [-0.39, 0.29) is 23.2 Å². The van der Waals surface area contributed by atoms with E-state index < -0.39 is 10.4 Å². The van der Waals surface area contributed by atoms with Gasteiger partial charge in [0.05, 0.1) is 0 Å². The first-order chi connectivity index (χ1) is 2.56. The fraction of sp³-hybridized carbons (Fsp3) is 0. The van der Waals surface area contributed by atoms with Crippen LogP contribution in [0.1, 0.15) is 0 Å². The molecule has 0 aliphatic heterocycles. The Labute approximate surface area is 56.8 Å². The zero-order chi connectivity index (χ0) is 5.21. The zero-order valence-corrected chi connectivity index (χ0v) is 5.29. The van der Waals surface area contributed by atoms with Gasteiger partial charge in [0, 0.05) is 17.1 Å². The van der Waals surface area contributed by atoms with Crippen molar-refractivity contribution in [1.29, 1.82) is 0 Å². The molecule has 0 saturated heterocycles. The number of rotatable bonds is 1. The van der Waals surface area contributed by atoms with E-state index >= 15 is 0 Å². The maximum absolute atomic E-state index is 9.08. The minimum atomic E-state index is -4.61. The van der Waals surface area contributed by atoms with Gasteiger partial charge in [0.25, 0.3) is 0 Å². The zero-order valence-electron chi connectivity index (χ0n) is 3.54. The summed E-state index contributed by atoms with van der Waals surface area (Å²) in [5.74, 6) is 0. The van der Waals surface area contributed by atoms with Gasteiger partial charge in [-0.15, -0.1) is 0 Å². The van der Waals surface area contributed by atoms with E-state index in [1.165, 1.54) is 0 Å². The normalized spacial score (nSPS) is 8.75. The molecule has 57 valence electrons. The van der Waals surface area contributed by atoms with E-state index in [0.29, 0.717) is 0 Å². The Hall–Kier alpha value is 0.309. The molecule has 0 spiro atoms. The molecule has 0 saturated carbocycles. The summed E-state index contributed by atoms with van der Waals surface area (Å²) in [6.45, 7) is 0. The van der Waals surface area contributed by atoms with Crippen LogP contribution in [0.4, 0.5) is 0 Å². The molecule has 5 N–H and O–H groups in total. The largest absolute Gasteiger partial charge is 0.423 e. The third kappa shape index (κ3) is 16.2. The van der Waals surface area contributed by atoms with E-state index in [0.717, 1.165) is 0 Å². The summed E-state index contributed by atoms with van der Waals surface area (Å²) >= 11 is 0. The Balaban J connectivity index is -0.000000125. The fourth-order valence-electron chi connectivity index (χ4n) is 0. The summed E-state index contributed by atoms with van der Waals surface area (Å²) in [6, 6.07) is 0. The van der Waals surface area contributed by atoms with Crippen molar-refractivity contribution in [3.63, 3.8) is 0 Å². The van der Waals surface area contributed by atoms with Gasteiger partial charge < -0.3 is 6.15 Å². The molecule has 8 heteroatoms. The molecule has 0 aromatic heterocycles. The van der Waals surface area contributed by atoms with Crippen molar-refractivity contribution in [2.45, 2.75) is 0 Å². The molecule has 0 heterocycles.